The monoisotopic (exact) mass is 298 g/mol. The van der Waals surface area contributed by atoms with E-state index in [-0.39, 0.29) is 24.5 Å². The Hall–Kier alpha value is -1.26. The Morgan fingerprint density at radius 2 is 1.81 bits per heavy atom. The normalized spacial score (nSPS) is 19.9. The van der Waals surface area contributed by atoms with Crippen molar-refractivity contribution in [1.29, 1.82) is 0 Å². The van der Waals surface area contributed by atoms with Crippen LogP contribution in [0.5, 0.6) is 0 Å². The van der Waals surface area contributed by atoms with E-state index < -0.39 is 5.97 Å². The molecule has 1 aliphatic rings. The van der Waals surface area contributed by atoms with Gasteiger partial charge in [-0.3, -0.25) is 4.79 Å². The van der Waals surface area contributed by atoms with Crippen LogP contribution >= 0.6 is 0 Å². The van der Waals surface area contributed by atoms with E-state index in [2.05, 4.69) is 13.8 Å². The van der Waals surface area contributed by atoms with E-state index in [4.69, 9.17) is 5.11 Å². The van der Waals surface area contributed by atoms with Crippen molar-refractivity contribution in [2.75, 3.05) is 13.6 Å². The van der Waals surface area contributed by atoms with E-state index in [1.165, 1.54) is 0 Å². The van der Waals surface area contributed by atoms with Crippen molar-refractivity contribution in [3.05, 3.63) is 0 Å². The molecule has 1 N–H and O–H groups in total. The molecule has 1 saturated carbocycles. The molecule has 0 radical (unpaired) electrons. The Labute approximate surface area is 128 Å². The van der Waals surface area contributed by atoms with Crippen LogP contribution in [0.3, 0.4) is 0 Å². The first-order valence-electron chi connectivity index (χ1n) is 7.93. The molecule has 0 heterocycles. The largest absolute Gasteiger partial charge is 0.481 e. The number of carbonyl (C=O) groups is 2. The van der Waals surface area contributed by atoms with Crippen LogP contribution < -0.4 is 0 Å². The molecule has 1 unspecified atom stereocenters. The van der Waals surface area contributed by atoms with Gasteiger partial charge in [0.15, 0.2) is 0 Å². The average Bonchev–Trinajstić information content (AvgIpc) is 2.37. The fourth-order valence-corrected chi connectivity index (χ4v) is 3.13. The SMILES string of the molecule is CCN(C(=O)N(C)C1CCC(C)(C)CC1)C(C)CC(=O)O. The van der Waals surface area contributed by atoms with Gasteiger partial charge < -0.3 is 14.9 Å². The van der Waals surface area contributed by atoms with E-state index in [9.17, 15) is 9.59 Å². The Kier molecular flexibility index (Phi) is 6.05. The van der Waals surface area contributed by atoms with Crippen molar-refractivity contribution in [3.8, 4) is 0 Å². The van der Waals surface area contributed by atoms with E-state index in [1.807, 2.05) is 18.9 Å². The summed E-state index contributed by atoms with van der Waals surface area (Å²) >= 11 is 0. The number of carboxylic acids is 1. The van der Waals surface area contributed by atoms with E-state index >= 15 is 0 Å². The van der Waals surface area contributed by atoms with E-state index in [1.54, 1.807) is 11.8 Å². The topological polar surface area (TPSA) is 60.9 Å². The second kappa shape index (κ2) is 7.14. The van der Waals surface area contributed by atoms with Gasteiger partial charge in [0, 0.05) is 25.7 Å². The number of rotatable bonds is 5. The summed E-state index contributed by atoms with van der Waals surface area (Å²) in [6, 6.07) is -0.0463. The molecule has 1 aliphatic carbocycles. The van der Waals surface area contributed by atoms with Crippen LogP contribution in [0.1, 0.15) is 59.8 Å². The molecule has 0 aliphatic heterocycles. The van der Waals surface area contributed by atoms with Gasteiger partial charge in [-0.05, 0) is 44.9 Å². The van der Waals surface area contributed by atoms with Gasteiger partial charge in [-0.25, -0.2) is 4.79 Å². The Morgan fingerprint density at radius 1 is 1.29 bits per heavy atom. The van der Waals surface area contributed by atoms with E-state index in [0.717, 1.165) is 25.7 Å². The lowest BCUT2D eigenvalue weighted by Gasteiger charge is -2.41. The van der Waals surface area contributed by atoms with Gasteiger partial charge in [-0.15, -0.1) is 0 Å². The number of carbonyl (C=O) groups excluding carboxylic acids is 1. The minimum atomic E-state index is -0.865. The molecule has 0 aromatic heterocycles. The Morgan fingerprint density at radius 3 is 2.24 bits per heavy atom. The first-order valence-corrected chi connectivity index (χ1v) is 7.93. The second-order valence-corrected chi connectivity index (χ2v) is 7.02. The predicted molar refractivity (Wildman–Crippen MR) is 83.3 cm³/mol. The third kappa shape index (κ3) is 4.90. The highest BCUT2D eigenvalue weighted by Gasteiger charge is 2.33. The van der Waals surface area contributed by atoms with Crippen LogP contribution in [-0.4, -0.2) is 52.6 Å². The van der Waals surface area contributed by atoms with Crippen LogP contribution in [-0.2, 0) is 4.79 Å². The van der Waals surface area contributed by atoms with Crippen LogP contribution in [0, 0.1) is 5.41 Å². The van der Waals surface area contributed by atoms with Crippen molar-refractivity contribution in [2.45, 2.75) is 71.9 Å². The van der Waals surface area contributed by atoms with Crippen LogP contribution in [0.2, 0.25) is 0 Å². The van der Waals surface area contributed by atoms with Crippen molar-refractivity contribution in [1.82, 2.24) is 9.80 Å². The highest BCUT2D eigenvalue weighted by Crippen LogP contribution is 2.36. The number of hydrogen-bond donors (Lipinski definition) is 1. The summed E-state index contributed by atoms with van der Waals surface area (Å²) in [4.78, 5) is 26.9. The molecule has 1 atom stereocenters. The fraction of sp³-hybridized carbons (Fsp3) is 0.875. The molecule has 0 bridgehead atoms. The van der Waals surface area contributed by atoms with Crippen LogP contribution in [0.25, 0.3) is 0 Å². The van der Waals surface area contributed by atoms with Gasteiger partial charge >= 0.3 is 12.0 Å². The first kappa shape index (κ1) is 17.8. The van der Waals surface area contributed by atoms with Crippen molar-refractivity contribution in [2.24, 2.45) is 5.41 Å². The number of aliphatic carboxylic acids is 1. The maximum absolute atomic E-state index is 12.6. The zero-order valence-electron chi connectivity index (χ0n) is 14.1. The molecule has 0 aromatic rings. The molecule has 0 spiro atoms. The van der Waals surface area contributed by atoms with Crippen LogP contribution in [0.4, 0.5) is 4.79 Å². The molecular weight excluding hydrogens is 268 g/mol. The maximum atomic E-state index is 12.6. The van der Waals surface area contributed by atoms with Crippen molar-refractivity contribution < 1.29 is 14.7 Å². The predicted octanol–water partition coefficient (Wildman–Crippen LogP) is 3.19. The highest BCUT2D eigenvalue weighted by molar-refractivity contribution is 5.76. The average molecular weight is 298 g/mol. The third-order valence-corrected chi connectivity index (χ3v) is 4.75. The van der Waals surface area contributed by atoms with Crippen molar-refractivity contribution >= 4 is 12.0 Å². The molecule has 0 aromatic carbocycles. The lowest BCUT2D eigenvalue weighted by molar-refractivity contribution is -0.138. The first-order chi connectivity index (χ1) is 9.68. The molecule has 122 valence electrons. The summed E-state index contributed by atoms with van der Waals surface area (Å²) < 4.78 is 0. The molecule has 1 rings (SSSR count). The highest BCUT2D eigenvalue weighted by atomic mass is 16.4. The molecule has 1 fully saturated rings. The zero-order valence-corrected chi connectivity index (χ0v) is 14.1. The number of nitrogens with zero attached hydrogens (tertiary/aromatic N) is 2. The quantitative estimate of drug-likeness (QED) is 0.848. The van der Waals surface area contributed by atoms with E-state index in [0.29, 0.717) is 12.0 Å². The zero-order chi connectivity index (χ0) is 16.2. The summed E-state index contributed by atoms with van der Waals surface area (Å²) in [6.07, 6.45) is 4.31. The summed E-state index contributed by atoms with van der Waals surface area (Å²) in [6.45, 7) is 8.79. The Bertz CT molecular complexity index is 372. The minimum absolute atomic E-state index is 0.00881. The van der Waals surface area contributed by atoms with Crippen LogP contribution in [0.15, 0.2) is 0 Å². The Balaban J connectivity index is 2.65. The maximum Gasteiger partial charge on any atom is 0.320 e. The summed E-state index contributed by atoms with van der Waals surface area (Å²) in [7, 11) is 1.85. The van der Waals surface area contributed by atoms with Gasteiger partial charge in [-0.2, -0.15) is 0 Å². The standard InChI is InChI=1S/C16H30N2O3/c1-6-18(12(2)11-14(19)20)15(21)17(5)13-7-9-16(3,4)10-8-13/h12-13H,6-11H2,1-5H3,(H,19,20). The van der Waals surface area contributed by atoms with Gasteiger partial charge in [0.1, 0.15) is 0 Å². The number of hydrogen-bond acceptors (Lipinski definition) is 2. The lowest BCUT2D eigenvalue weighted by Crippen LogP contribution is -2.50. The number of carboxylic acid groups (broad SMARTS) is 1. The fourth-order valence-electron chi connectivity index (χ4n) is 3.13. The summed E-state index contributed by atoms with van der Waals surface area (Å²) in [5, 5.41) is 8.90. The van der Waals surface area contributed by atoms with Gasteiger partial charge in [-0.1, -0.05) is 13.8 Å². The minimum Gasteiger partial charge on any atom is -0.481 e. The molecular formula is C16H30N2O3. The number of amides is 2. The molecule has 5 heteroatoms. The summed E-state index contributed by atoms with van der Waals surface area (Å²) in [5.41, 5.74) is 0.376. The van der Waals surface area contributed by atoms with Gasteiger partial charge in [0.2, 0.25) is 0 Å². The molecule has 2 amide bonds. The third-order valence-electron chi connectivity index (χ3n) is 4.75. The van der Waals surface area contributed by atoms with Gasteiger partial charge in [0.25, 0.3) is 0 Å². The lowest BCUT2D eigenvalue weighted by atomic mass is 9.75. The molecule has 21 heavy (non-hydrogen) atoms. The van der Waals surface area contributed by atoms with Gasteiger partial charge in [0.05, 0.1) is 6.42 Å². The molecule has 5 nitrogen and oxygen atoms in total. The van der Waals surface area contributed by atoms with Crippen molar-refractivity contribution in [3.63, 3.8) is 0 Å². The molecule has 0 saturated heterocycles. The second-order valence-electron chi connectivity index (χ2n) is 7.02. The summed E-state index contributed by atoms with van der Waals surface area (Å²) in [5.74, 6) is -0.865. The number of urea groups is 1. The smallest absolute Gasteiger partial charge is 0.320 e.